The highest BCUT2D eigenvalue weighted by Crippen LogP contribution is 2.31. The molecule has 0 saturated carbocycles. The molecule has 2 aromatic rings. The molecule has 0 unspecified atom stereocenters. The number of halogens is 4. The summed E-state index contributed by atoms with van der Waals surface area (Å²) >= 11 is 9.37. The van der Waals surface area contributed by atoms with Crippen LogP contribution in [0, 0.1) is 0 Å². The molecule has 0 aliphatic carbocycles. The first-order chi connectivity index (χ1) is 11.4. The van der Waals surface area contributed by atoms with Crippen LogP contribution in [-0.2, 0) is 11.2 Å². The molecular formula is C14H13BrClF2N3O3. The van der Waals surface area contributed by atoms with Crippen molar-refractivity contribution < 1.29 is 23.0 Å². The van der Waals surface area contributed by atoms with Crippen LogP contribution in [0.15, 0.2) is 16.7 Å². The molecule has 2 aromatic heterocycles. The smallest absolute Gasteiger partial charge is 0.387 e. The van der Waals surface area contributed by atoms with Crippen molar-refractivity contribution in [3.63, 3.8) is 0 Å². The van der Waals surface area contributed by atoms with Gasteiger partial charge in [-0.2, -0.15) is 8.78 Å². The normalized spacial score (nSPS) is 11.0. The van der Waals surface area contributed by atoms with Gasteiger partial charge in [-0.05, 0) is 22.9 Å². The van der Waals surface area contributed by atoms with Crippen LogP contribution in [0.3, 0.4) is 0 Å². The molecule has 0 N–H and O–H groups in total. The number of pyridine rings is 1. The second-order valence-electron chi connectivity index (χ2n) is 4.43. The van der Waals surface area contributed by atoms with Crippen molar-refractivity contribution in [1.82, 2.24) is 14.5 Å². The van der Waals surface area contributed by atoms with E-state index in [0.29, 0.717) is 16.7 Å². The molecule has 10 heteroatoms. The number of carbonyl (C=O) groups excluding carboxylic acids is 1. The number of alkyl halides is 2. The van der Waals surface area contributed by atoms with Crippen molar-refractivity contribution in [3.8, 4) is 11.6 Å². The molecule has 0 aliphatic rings. The Kier molecular flexibility index (Phi) is 6.11. The zero-order valence-electron chi connectivity index (χ0n) is 12.7. The summed E-state index contributed by atoms with van der Waals surface area (Å²) in [6.07, 6.45) is 1.78. The van der Waals surface area contributed by atoms with Gasteiger partial charge in [-0.15, -0.1) is 0 Å². The number of esters is 1. The molecule has 0 aromatic carbocycles. The molecule has 0 radical (unpaired) electrons. The van der Waals surface area contributed by atoms with Crippen LogP contribution in [0.2, 0.25) is 5.15 Å². The van der Waals surface area contributed by atoms with E-state index in [9.17, 15) is 13.6 Å². The topological polar surface area (TPSA) is 66.2 Å². The van der Waals surface area contributed by atoms with E-state index < -0.39 is 12.6 Å². The molecule has 0 atom stereocenters. The Morgan fingerprint density at radius 1 is 1.46 bits per heavy atom. The van der Waals surface area contributed by atoms with Crippen molar-refractivity contribution in [2.75, 3.05) is 6.61 Å². The summed E-state index contributed by atoms with van der Waals surface area (Å²) in [7, 11) is 0. The number of nitrogens with zero attached hydrogens (tertiary/aromatic N) is 3. The second-order valence-corrected chi connectivity index (χ2v) is 5.70. The first-order valence-corrected chi connectivity index (χ1v) is 8.11. The molecule has 0 fully saturated rings. The van der Waals surface area contributed by atoms with Gasteiger partial charge in [0.1, 0.15) is 11.0 Å². The summed E-state index contributed by atoms with van der Waals surface area (Å²) in [5, 5.41) is -0.0840. The Balaban J connectivity index is 2.62. The lowest BCUT2D eigenvalue weighted by molar-refractivity contribution is -0.0501. The summed E-state index contributed by atoms with van der Waals surface area (Å²) < 4.78 is 36.5. The lowest BCUT2D eigenvalue weighted by Gasteiger charge is -2.13. The van der Waals surface area contributed by atoms with Crippen LogP contribution in [0.25, 0.3) is 5.82 Å². The van der Waals surface area contributed by atoms with Gasteiger partial charge in [-0.3, -0.25) is 4.57 Å². The van der Waals surface area contributed by atoms with Gasteiger partial charge in [0.2, 0.25) is 0 Å². The SMILES string of the molecule is CCOC(=O)c1nc(CC)n(-c2ncc(Br)cc2OC(F)F)c1Cl. The van der Waals surface area contributed by atoms with Crippen LogP contribution < -0.4 is 4.74 Å². The minimum Gasteiger partial charge on any atom is -0.461 e. The van der Waals surface area contributed by atoms with Crippen LogP contribution in [0.1, 0.15) is 30.2 Å². The highest BCUT2D eigenvalue weighted by Gasteiger charge is 2.25. The molecule has 0 saturated heterocycles. The van der Waals surface area contributed by atoms with Crippen LogP contribution >= 0.6 is 27.5 Å². The number of carbonyl (C=O) groups is 1. The average molecular weight is 425 g/mol. The molecule has 24 heavy (non-hydrogen) atoms. The molecule has 2 heterocycles. The summed E-state index contributed by atoms with van der Waals surface area (Å²) in [5.74, 6) is -0.548. The number of hydrogen-bond donors (Lipinski definition) is 0. The van der Waals surface area contributed by atoms with Gasteiger partial charge in [0, 0.05) is 23.2 Å². The fourth-order valence-electron chi connectivity index (χ4n) is 1.99. The fraction of sp³-hybridized carbons (Fsp3) is 0.357. The van der Waals surface area contributed by atoms with E-state index in [1.54, 1.807) is 13.8 Å². The number of imidazole rings is 1. The fourth-order valence-corrected chi connectivity index (χ4v) is 2.60. The minimum atomic E-state index is -3.04. The van der Waals surface area contributed by atoms with E-state index in [4.69, 9.17) is 16.3 Å². The zero-order chi connectivity index (χ0) is 17.9. The van der Waals surface area contributed by atoms with Crippen molar-refractivity contribution in [3.05, 3.63) is 33.4 Å². The van der Waals surface area contributed by atoms with Crippen LogP contribution in [0.4, 0.5) is 8.78 Å². The molecule has 2 rings (SSSR count). The Morgan fingerprint density at radius 2 is 2.17 bits per heavy atom. The lowest BCUT2D eigenvalue weighted by Crippen LogP contribution is -2.10. The van der Waals surface area contributed by atoms with E-state index in [1.807, 2.05) is 0 Å². The minimum absolute atomic E-state index is 0.00315. The van der Waals surface area contributed by atoms with Gasteiger partial charge in [-0.1, -0.05) is 18.5 Å². The molecule has 0 spiro atoms. The molecule has 6 nitrogen and oxygen atoms in total. The highest BCUT2D eigenvalue weighted by atomic mass is 79.9. The third-order valence-electron chi connectivity index (χ3n) is 2.90. The molecule has 0 bridgehead atoms. The summed E-state index contributed by atoms with van der Waals surface area (Å²) in [5.41, 5.74) is -0.108. The van der Waals surface area contributed by atoms with E-state index in [2.05, 4.69) is 30.6 Å². The molecular weight excluding hydrogens is 412 g/mol. The highest BCUT2D eigenvalue weighted by molar-refractivity contribution is 9.10. The van der Waals surface area contributed by atoms with Gasteiger partial charge in [-0.25, -0.2) is 14.8 Å². The van der Waals surface area contributed by atoms with E-state index >= 15 is 0 Å². The van der Waals surface area contributed by atoms with Crippen LogP contribution in [-0.4, -0.2) is 33.7 Å². The van der Waals surface area contributed by atoms with Crippen molar-refractivity contribution in [2.24, 2.45) is 0 Å². The molecule has 130 valence electrons. The number of aromatic nitrogens is 3. The third-order valence-corrected chi connectivity index (χ3v) is 3.68. The summed E-state index contributed by atoms with van der Waals surface area (Å²) in [4.78, 5) is 20.1. The van der Waals surface area contributed by atoms with Gasteiger partial charge in [0.05, 0.1) is 6.61 Å². The van der Waals surface area contributed by atoms with E-state index in [-0.39, 0.29) is 29.0 Å². The standard InChI is InChI=1S/C14H13BrClF2N3O3/c1-3-9-20-10(13(22)23-4-2)11(16)21(9)12-8(24-14(17)18)5-7(15)6-19-12/h5-6,14H,3-4H2,1-2H3. The van der Waals surface area contributed by atoms with Crippen LogP contribution in [0.5, 0.6) is 5.75 Å². The van der Waals surface area contributed by atoms with Crippen molar-refractivity contribution in [1.29, 1.82) is 0 Å². The number of rotatable bonds is 6. The summed E-state index contributed by atoms with van der Waals surface area (Å²) in [6.45, 7) is 0.529. The maximum atomic E-state index is 12.7. The van der Waals surface area contributed by atoms with Gasteiger partial charge < -0.3 is 9.47 Å². The summed E-state index contributed by atoms with van der Waals surface area (Å²) in [6, 6.07) is 1.33. The maximum Gasteiger partial charge on any atom is 0.387 e. The maximum absolute atomic E-state index is 12.7. The monoisotopic (exact) mass is 423 g/mol. The predicted octanol–water partition coefficient (Wildman–Crippen LogP) is 4.02. The largest absolute Gasteiger partial charge is 0.461 e. The number of hydrogen-bond acceptors (Lipinski definition) is 5. The van der Waals surface area contributed by atoms with Gasteiger partial charge >= 0.3 is 12.6 Å². The van der Waals surface area contributed by atoms with Crippen molar-refractivity contribution in [2.45, 2.75) is 26.9 Å². The molecule has 0 aliphatic heterocycles. The average Bonchev–Trinajstić information content (AvgIpc) is 2.84. The first kappa shape index (κ1) is 18.6. The Morgan fingerprint density at radius 3 is 2.75 bits per heavy atom. The Labute approximate surface area is 149 Å². The number of aryl methyl sites for hydroxylation is 1. The second kappa shape index (κ2) is 7.89. The Bertz CT molecular complexity index is 755. The Hall–Kier alpha value is -1.74. The van der Waals surface area contributed by atoms with E-state index in [0.717, 1.165) is 0 Å². The number of ether oxygens (including phenoxy) is 2. The van der Waals surface area contributed by atoms with Gasteiger partial charge in [0.15, 0.2) is 17.3 Å². The molecule has 0 amide bonds. The van der Waals surface area contributed by atoms with Gasteiger partial charge in [0.25, 0.3) is 0 Å². The quantitative estimate of drug-likeness (QED) is 0.655. The first-order valence-electron chi connectivity index (χ1n) is 6.93. The predicted molar refractivity (Wildman–Crippen MR) is 86.0 cm³/mol. The lowest BCUT2D eigenvalue weighted by atomic mass is 10.4. The van der Waals surface area contributed by atoms with E-state index in [1.165, 1.54) is 16.8 Å². The van der Waals surface area contributed by atoms with Crippen molar-refractivity contribution >= 4 is 33.5 Å². The third kappa shape index (κ3) is 3.84. The zero-order valence-corrected chi connectivity index (χ0v) is 15.1.